The van der Waals surface area contributed by atoms with Crippen molar-refractivity contribution in [3.63, 3.8) is 0 Å². The van der Waals surface area contributed by atoms with Crippen LogP contribution in [0.2, 0.25) is 0 Å². The van der Waals surface area contributed by atoms with E-state index in [0.717, 1.165) is 69.7 Å². The Hall–Kier alpha value is -1.73. The number of anilines is 1. The van der Waals surface area contributed by atoms with E-state index < -0.39 is 5.60 Å². The van der Waals surface area contributed by atoms with E-state index >= 15 is 0 Å². The van der Waals surface area contributed by atoms with E-state index in [4.69, 9.17) is 9.72 Å². The molecular formula is C25H36N4O3. The lowest BCUT2D eigenvalue weighted by Gasteiger charge is -2.58. The molecular weight excluding hydrogens is 404 g/mol. The molecule has 32 heavy (non-hydrogen) atoms. The number of aliphatic hydroxyl groups is 1. The highest BCUT2D eigenvalue weighted by atomic mass is 16.5. The quantitative estimate of drug-likeness (QED) is 0.748. The lowest BCUT2D eigenvalue weighted by Crippen LogP contribution is -2.61. The van der Waals surface area contributed by atoms with E-state index in [9.17, 15) is 9.90 Å². The number of ether oxygens (including phenoxy) is 1. The smallest absolute Gasteiger partial charge is 0.254 e. The van der Waals surface area contributed by atoms with Gasteiger partial charge < -0.3 is 20.1 Å². The van der Waals surface area contributed by atoms with Crippen LogP contribution < -0.4 is 10.2 Å². The maximum Gasteiger partial charge on any atom is 0.254 e. The van der Waals surface area contributed by atoms with Crippen molar-refractivity contribution in [3.8, 4) is 0 Å². The molecule has 5 aliphatic carbocycles. The molecule has 7 rings (SSSR count). The molecule has 174 valence electrons. The molecule has 1 aliphatic heterocycles. The fraction of sp³-hybridized carbons (Fsp3) is 0.800. The molecule has 0 spiro atoms. The number of carbonyl (C=O) groups is 1. The van der Waals surface area contributed by atoms with Gasteiger partial charge in [0.15, 0.2) is 0 Å². The second kappa shape index (κ2) is 7.66. The molecule has 4 atom stereocenters. The monoisotopic (exact) mass is 440 g/mol. The van der Waals surface area contributed by atoms with Gasteiger partial charge in [-0.05, 0) is 76.5 Å². The summed E-state index contributed by atoms with van der Waals surface area (Å²) in [5.74, 6) is 2.50. The van der Waals surface area contributed by atoms with Crippen LogP contribution in [0.4, 0.5) is 5.95 Å². The zero-order valence-corrected chi connectivity index (χ0v) is 19.3. The molecule has 0 radical (unpaired) electrons. The molecule has 2 N–H and O–H groups in total. The Kier molecular flexibility index (Phi) is 4.99. The highest BCUT2D eigenvalue weighted by Gasteiger charge is 2.55. The molecule has 1 saturated heterocycles. The average molecular weight is 441 g/mol. The van der Waals surface area contributed by atoms with Gasteiger partial charge in [0.05, 0.1) is 29.1 Å². The number of hydrogen-bond acceptors (Lipinski definition) is 6. The van der Waals surface area contributed by atoms with Gasteiger partial charge >= 0.3 is 0 Å². The second-order valence-electron chi connectivity index (χ2n) is 11.5. The van der Waals surface area contributed by atoms with Crippen molar-refractivity contribution in [1.29, 1.82) is 0 Å². The van der Waals surface area contributed by atoms with Crippen LogP contribution in [-0.4, -0.2) is 57.9 Å². The fourth-order valence-corrected chi connectivity index (χ4v) is 7.49. The van der Waals surface area contributed by atoms with Crippen LogP contribution in [0.3, 0.4) is 0 Å². The first kappa shape index (κ1) is 20.8. The van der Waals surface area contributed by atoms with Crippen LogP contribution in [-0.2, 0) is 4.74 Å². The standard InChI is InChI=1S/C25H36N4O3/c1-14-12-29(13-15(2)32-14)24-26-11-20(22(28-24)17-4-3-5-17)23(30)27-21-18-6-16-7-19(21)10-25(31,8-16)9-18/h11,14-19,21,31H,3-10,12-13H2,1-2H3,(H,27,30)/t14-,15+,16?,18?,19?,21-,25+. The minimum atomic E-state index is -0.480. The first-order valence-electron chi connectivity index (χ1n) is 12.7. The molecule has 1 aromatic rings. The maximum absolute atomic E-state index is 13.5. The van der Waals surface area contributed by atoms with Crippen LogP contribution in [0.5, 0.6) is 0 Å². The number of rotatable bonds is 4. The lowest BCUT2D eigenvalue weighted by molar-refractivity contribution is -0.136. The van der Waals surface area contributed by atoms with E-state index in [-0.39, 0.29) is 24.2 Å². The zero-order valence-electron chi connectivity index (χ0n) is 19.3. The molecule has 0 aromatic carbocycles. The molecule has 5 saturated carbocycles. The third kappa shape index (κ3) is 3.61. The summed E-state index contributed by atoms with van der Waals surface area (Å²) in [7, 11) is 0. The van der Waals surface area contributed by atoms with Crippen molar-refractivity contribution in [2.45, 2.75) is 95.0 Å². The maximum atomic E-state index is 13.5. The van der Waals surface area contributed by atoms with Crippen molar-refractivity contribution in [1.82, 2.24) is 15.3 Å². The second-order valence-corrected chi connectivity index (χ2v) is 11.5. The Balaban J connectivity index is 1.24. The molecule has 1 aromatic heterocycles. The molecule has 7 nitrogen and oxygen atoms in total. The Bertz CT molecular complexity index is 877. The molecule has 6 aliphatic rings. The van der Waals surface area contributed by atoms with Gasteiger partial charge in [0.1, 0.15) is 0 Å². The molecule has 2 heterocycles. The largest absolute Gasteiger partial charge is 0.390 e. The summed E-state index contributed by atoms with van der Waals surface area (Å²) in [5, 5.41) is 14.3. The first-order valence-corrected chi connectivity index (χ1v) is 12.7. The third-order valence-corrected chi connectivity index (χ3v) is 8.78. The van der Waals surface area contributed by atoms with E-state index in [1.807, 2.05) is 0 Å². The van der Waals surface area contributed by atoms with Crippen molar-refractivity contribution in [2.75, 3.05) is 18.0 Å². The van der Waals surface area contributed by atoms with Crippen LogP contribution in [0.15, 0.2) is 6.20 Å². The van der Waals surface area contributed by atoms with Gasteiger partial charge in [0.25, 0.3) is 5.91 Å². The predicted molar refractivity (Wildman–Crippen MR) is 121 cm³/mol. The van der Waals surface area contributed by atoms with Crippen molar-refractivity contribution < 1.29 is 14.6 Å². The average Bonchev–Trinajstić information content (AvgIpc) is 2.67. The molecule has 6 fully saturated rings. The molecule has 1 amide bonds. The Morgan fingerprint density at radius 3 is 2.44 bits per heavy atom. The van der Waals surface area contributed by atoms with E-state index in [1.54, 1.807) is 6.20 Å². The van der Waals surface area contributed by atoms with Crippen molar-refractivity contribution in [2.24, 2.45) is 17.8 Å². The van der Waals surface area contributed by atoms with Gasteiger partial charge in [-0.3, -0.25) is 4.79 Å². The van der Waals surface area contributed by atoms with Crippen LogP contribution in [0, 0.1) is 17.8 Å². The lowest BCUT2D eigenvalue weighted by atomic mass is 9.52. The number of amides is 1. The highest BCUT2D eigenvalue weighted by molar-refractivity contribution is 5.95. The summed E-state index contributed by atoms with van der Waals surface area (Å²) < 4.78 is 5.87. The van der Waals surface area contributed by atoms with Crippen LogP contribution in [0.25, 0.3) is 0 Å². The molecule has 7 heteroatoms. The Morgan fingerprint density at radius 2 is 1.84 bits per heavy atom. The number of morpholine rings is 1. The van der Waals surface area contributed by atoms with Gasteiger partial charge in [0.2, 0.25) is 5.95 Å². The van der Waals surface area contributed by atoms with E-state index in [1.165, 1.54) is 6.42 Å². The van der Waals surface area contributed by atoms with Crippen LogP contribution in [0.1, 0.15) is 87.2 Å². The van der Waals surface area contributed by atoms with Gasteiger partial charge in [-0.2, -0.15) is 0 Å². The minimum absolute atomic E-state index is 0.0216. The summed E-state index contributed by atoms with van der Waals surface area (Å²) in [6.07, 6.45) is 10.3. The molecule has 4 bridgehead atoms. The Morgan fingerprint density at radius 1 is 1.16 bits per heavy atom. The van der Waals surface area contributed by atoms with Gasteiger partial charge in [-0.15, -0.1) is 0 Å². The normalized spacial score (nSPS) is 40.9. The first-order chi connectivity index (χ1) is 15.4. The Labute approximate surface area is 190 Å². The SMILES string of the molecule is C[C@@H]1CN(c2ncc(C(=O)N[C@H]3C4CC5CC3C[C@@](O)(C5)C4)c(C3CCC3)n2)C[C@H](C)O1. The van der Waals surface area contributed by atoms with Crippen LogP contribution >= 0.6 is 0 Å². The highest BCUT2D eigenvalue weighted by Crippen LogP contribution is 2.55. The summed E-state index contributed by atoms with van der Waals surface area (Å²) in [4.78, 5) is 25.3. The van der Waals surface area contributed by atoms with Gasteiger partial charge in [-0.25, -0.2) is 9.97 Å². The number of nitrogens with zero attached hydrogens (tertiary/aromatic N) is 3. The number of hydrogen-bond donors (Lipinski definition) is 2. The summed E-state index contributed by atoms with van der Waals surface area (Å²) in [6.45, 7) is 5.71. The van der Waals surface area contributed by atoms with Gasteiger partial charge in [-0.1, -0.05) is 6.42 Å². The summed E-state index contributed by atoms with van der Waals surface area (Å²) in [6, 6.07) is 0.175. The summed E-state index contributed by atoms with van der Waals surface area (Å²) >= 11 is 0. The topological polar surface area (TPSA) is 87.6 Å². The number of carbonyl (C=O) groups excluding carboxylic acids is 1. The van der Waals surface area contributed by atoms with Crippen molar-refractivity contribution in [3.05, 3.63) is 17.5 Å². The summed E-state index contributed by atoms with van der Waals surface area (Å²) in [5.41, 5.74) is 1.10. The van der Waals surface area contributed by atoms with E-state index in [2.05, 4.69) is 29.0 Å². The number of aromatic nitrogens is 2. The van der Waals surface area contributed by atoms with Gasteiger partial charge in [0, 0.05) is 31.2 Å². The fourth-order valence-electron chi connectivity index (χ4n) is 7.49. The zero-order chi connectivity index (χ0) is 22.0. The van der Waals surface area contributed by atoms with E-state index in [0.29, 0.717) is 29.2 Å². The minimum Gasteiger partial charge on any atom is -0.390 e. The number of nitrogens with one attached hydrogen (secondary N) is 1. The van der Waals surface area contributed by atoms with Crippen molar-refractivity contribution >= 4 is 11.9 Å². The third-order valence-electron chi connectivity index (χ3n) is 8.78. The molecule has 2 unspecified atom stereocenters. The predicted octanol–water partition coefficient (Wildman–Crippen LogP) is 3.03.